The zero-order chi connectivity index (χ0) is 19.2. The monoisotopic (exact) mass is 375 g/mol. The van der Waals surface area contributed by atoms with Crippen molar-refractivity contribution in [3.8, 4) is 0 Å². The molecule has 26 heavy (non-hydrogen) atoms. The number of amides is 1. The Hall–Kier alpha value is -2.58. The second-order valence-corrected chi connectivity index (χ2v) is 5.70. The number of halogens is 4. The molecule has 1 amide bonds. The molecular weight excluding hydrogens is 358 g/mol. The fourth-order valence-corrected chi connectivity index (χ4v) is 2.14. The molecule has 0 unspecified atom stereocenters. The highest BCUT2D eigenvalue weighted by molar-refractivity contribution is 5.77. The molecule has 1 aromatic rings. The van der Waals surface area contributed by atoms with E-state index in [1.165, 1.54) is 0 Å². The molecule has 5 nitrogen and oxygen atoms in total. The lowest BCUT2D eigenvalue weighted by atomic mass is 10.1. The lowest BCUT2D eigenvalue weighted by molar-refractivity contribution is -0.175. The number of nitrogens with one attached hydrogen (secondary N) is 1. The standard InChI is InChI=1S/C17H17F4NO4/c18-16(19)8-4-5-9-17(20,21)14(23)25-11-13(16)22-15(24)26-10-12-6-2-1-3-7-12/h1-7,13H,8-11H2,(H,22,24)/b5-4-/t13-/m1/s1. The third kappa shape index (κ3) is 5.47. The third-order valence-corrected chi connectivity index (χ3v) is 3.63. The van der Waals surface area contributed by atoms with Crippen LogP contribution in [0.5, 0.6) is 0 Å². The summed E-state index contributed by atoms with van der Waals surface area (Å²) in [5, 5.41) is 1.88. The number of allylic oxidation sites excluding steroid dienone is 2. The summed E-state index contributed by atoms with van der Waals surface area (Å²) in [6, 6.07) is 6.49. The molecule has 1 atom stereocenters. The number of carbonyl (C=O) groups is 2. The SMILES string of the molecule is O=C(N[C@@H]1COC(=O)C(F)(F)C/C=C\CC1(F)F)OCc1ccccc1. The van der Waals surface area contributed by atoms with Gasteiger partial charge < -0.3 is 14.8 Å². The molecule has 0 aromatic heterocycles. The van der Waals surface area contributed by atoms with Crippen molar-refractivity contribution in [3.05, 3.63) is 48.0 Å². The van der Waals surface area contributed by atoms with Crippen LogP contribution in [0.3, 0.4) is 0 Å². The van der Waals surface area contributed by atoms with Gasteiger partial charge in [0.1, 0.15) is 19.3 Å². The van der Waals surface area contributed by atoms with Gasteiger partial charge in [0.05, 0.1) is 0 Å². The zero-order valence-corrected chi connectivity index (χ0v) is 13.6. The number of hydrogen-bond acceptors (Lipinski definition) is 4. The minimum Gasteiger partial charge on any atom is -0.459 e. The molecule has 1 aliphatic rings. The van der Waals surface area contributed by atoms with Crippen LogP contribution in [-0.4, -0.2) is 36.6 Å². The Morgan fingerprint density at radius 3 is 2.50 bits per heavy atom. The van der Waals surface area contributed by atoms with Gasteiger partial charge in [-0.25, -0.2) is 18.4 Å². The van der Waals surface area contributed by atoms with Gasteiger partial charge in [0, 0.05) is 12.8 Å². The van der Waals surface area contributed by atoms with Crippen molar-refractivity contribution in [2.75, 3.05) is 6.61 Å². The first-order chi connectivity index (χ1) is 12.2. The van der Waals surface area contributed by atoms with Crippen molar-refractivity contribution in [3.63, 3.8) is 0 Å². The van der Waals surface area contributed by atoms with E-state index < -0.39 is 49.4 Å². The summed E-state index contributed by atoms with van der Waals surface area (Å²) in [4.78, 5) is 23.1. The molecule has 2 rings (SSSR count). The molecule has 1 aromatic carbocycles. The van der Waals surface area contributed by atoms with E-state index in [1.807, 2.05) is 5.32 Å². The van der Waals surface area contributed by atoms with Crippen LogP contribution in [0.2, 0.25) is 0 Å². The molecule has 142 valence electrons. The second kappa shape index (κ2) is 8.20. The number of alkyl halides is 4. The molecule has 0 aliphatic carbocycles. The smallest absolute Gasteiger partial charge is 0.408 e. The van der Waals surface area contributed by atoms with E-state index in [0.29, 0.717) is 5.56 Å². The molecule has 9 heteroatoms. The fraction of sp³-hybridized carbons (Fsp3) is 0.412. The van der Waals surface area contributed by atoms with E-state index in [-0.39, 0.29) is 6.61 Å². The lowest BCUT2D eigenvalue weighted by Crippen LogP contribution is -2.51. The first kappa shape index (κ1) is 19.7. The average Bonchev–Trinajstić information content (AvgIpc) is 2.60. The molecule has 0 saturated carbocycles. The molecule has 0 fully saturated rings. The topological polar surface area (TPSA) is 64.6 Å². The second-order valence-electron chi connectivity index (χ2n) is 5.70. The molecule has 1 heterocycles. The summed E-state index contributed by atoms with van der Waals surface area (Å²) < 4.78 is 64.3. The Bertz CT molecular complexity index is 664. The normalized spacial score (nSPS) is 23.4. The van der Waals surface area contributed by atoms with Crippen molar-refractivity contribution >= 4 is 12.1 Å². The van der Waals surface area contributed by atoms with E-state index in [0.717, 1.165) is 12.2 Å². The summed E-state index contributed by atoms with van der Waals surface area (Å²) in [7, 11) is 0. The maximum Gasteiger partial charge on any atom is 0.408 e. The highest BCUT2D eigenvalue weighted by atomic mass is 19.3. The Kier molecular flexibility index (Phi) is 6.23. The molecule has 1 N–H and O–H groups in total. The predicted molar refractivity (Wildman–Crippen MR) is 82.8 cm³/mol. The van der Waals surface area contributed by atoms with Gasteiger partial charge in [-0.1, -0.05) is 42.5 Å². The summed E-state index contributed by atoms with van der Waals surface area (Å²) in [5.74, 6) is -9.26. The largest absolute Gasteiger partial charge is 0.459 e. The Balaban J connectivity index is 2.01. The fourth-order valence-electron chi connectivity index (χ4n) is 2.14. The third-order valence-electron chi connectivity index (χ3n) is 3.63. The Labute approximate surface area is 147 Å². The van der Waals surface area contributed by atoms with Crippen LogP contribution in [0.15, 0.2) is 42.5 Å². The first-order valence-corrected chi connectivity index (χ1v) is 7.76. The van der Waals surface area contributed by atoms with Gasteiger partial charge >= 0.3 is 18.0 Å². The average molecular weight is 375 g/mol. The van der Waals surface area contributed by atoms with Gasteiger partial charge in [0.25, 0.3) is 5.92 Å². The van der Waals surface area contributed by atoms with E-state index in [4.69, 9.17) is 4.74 Å². The number of cyclic esters (lactones) is 1. The van der Waals surface area contributed by atoms with E-state index in [9.17, 15) is 27.2 Å². The molecule has 0 spiro atoms. The van der Waals surface area contributed by atoms with Gasteiger partial charge in [-0.3, -0.25) is 0 Å². The van der Waals surface area contributed by atoms with Crippen LogP contribution in [0.4, 0.5) is 22.4 Å². The van der Waals surface area contributed by atoms with E-state index >= 15 is 0 Å². The van der Waals surface area contributed by atoms with Gasteiger partial charge in [-0.05, 0) is 5.56 Å². The zero-order valence-electron chi connectivity index (χ0n) is 13.6. The number of ether oxygens (including phenoxy) is 2. The van der Waals surface area contributed by atoms with Crippen LogP contribution in [0.25, 0.3) is 0 Å². The van der Waals surface area contributed by atoms with Crippen molar-refractivity contribution in [2.24, 2.45) is 0 Å². The van der Waals surface area contributed by atoms with Crippen LogP contribution < -0.4 is 5.32 Å². The summed E-state index contributed by atoms with van der Waals surface area (Å²) in [6.45, 7) is -1.27. The maximum atomic E-state index is 14.2. The number of esters is 1. The minimum atomic E-state index is -3.82. The number of benzene rings is 1. The molecule has 0 saturated heterocycles. The number of alkyl carbamates (subject to hydrolysis) is 1. The highest BCUT2D eigenvalue weighted by Gasteiger charge is 2.45. The molecule has 0 radical (unpaired) electrons. The van der Waals surface area contributed by atoms with Crippen LogP contribution in [0.1, 0.15) is 18.4 Å². The lowest BCUT2D eigenvalue weighted by Gasteiger charge is -2.27. The van der Waals surface area contributed by atoms with Gasteiger partial charge in [0.15, 0.2) is 0 Å². The van der Waals surface area contributed by atoms with Gasteiger partial charge in [0.2, 0.25) is 0 Å². The van der Waals surface area contributed by atoms with Crippen LogP contribution in [0, 0.1) is 0 Å². The quantitative estimate of drug-likeness (QED) is 0.499. The first-order valence-electron chi connectivity index (χ1n) is 7.76. The van der Waals surface area contributed by atoms with Gasteiger partial charge in [-0.2, -0.15) is 8.78 Å². The van der Waals surface area contributed by atoms with Gasteiger partial charge in [-0.15, -0.1) is 0 Å². The molecular formula is C17H17F4NO4. The highest BCUT2D eigenvalue weighted by Crippen LogP contribution is 2.28. The van der Waals surface area contributed by atoms with E-state index in [1.54, 1.807) is 30.3 Å². The van der Waals surface area contributed by atoms with E-state index in [2.05, 4.69) is 4.74 Å². The number of carbonyl (C=O) groups excluding carboxylic acids is 2. The van der Waals surface area contributed by atoms with Crippen molar-refractivity contribution in [2.45, 2.75) is 37.3 Å². The van der Waals surface area contributed by atoms with Crippen molar-refractivity contribution < 1.29 is 36.6 Å². The minimum absolute atomic E-state index is 0.164. The van der Waals surface area contributed by atoms with Crippen LogP contribution >= 0.6 is 0 Å². The Morgan fingerprint density at radius 2 is 1.81 bits per heavy atom. The number of rotatable bonds is 3. The predicted octanol–water partition coefficient (Wildman–Crippen LogP) is 3.45. The van der Waals surface area contributed by atoms with Crippen molar-refractivity contribution in [1.29, 1.82) is 0 Å². The summed E-state index contributed by atoms with van der Waals surface area (Å²) in [5.41, 5.74) is 0.634. The maximum absolute atomic E-state index is 14.2. The summed E-state index contributed by atoms with van der Waals surface area (Å²) >= 11 is 0. The van der Waals surface area contributed by atoms with Crippen molar-refractivity contribution in [1.82, 2.24) is 5.32 Å². The number of hydrogen-bond donors (Lipinski definition) is 1. The molecule has 1 aliphatic heterocycles. The van der Waals surface area contributed by atoms with Crippen LogP contribution in [-0.2, 0) is 20.9 Å². The Morgan fingerprint density at radius 1 is 1.15 bits per heavy atom. The summed E-state index contributed by atoms with van der Waals surface area (Å²) in [6.07, 6.45) is -1.48. The molecule has 0 bridgehead atoms.